The standard InChI is InChI=1S/C7H9BO4/c1-6(4-9)2-3-7(5-10)8(11)12/h2-5,11-12H,1H3/b6-2-,7-3+. The van der Waals surface area contributed by atoms with Crippen LogP contribution in [0.1, 0.15) is 6.92 Å². The van der Waals surface area contributed by atoms with E-state index in [0.29, 0.717) is 18.1 Å². The van der Waals surface area contributed by atoms with Crippen LogP contribution in [0.3, 0.4) is 0 Å². The summed E-state index contributed by atoms with van der Waals surface area (Å²) in [5.74, 6) is 0. The lowest BCUT2D eigenvalue weighted by atomic mass is 9.80. The minimum atomic E-state index is -1.79. The van der Waals surface area contributed by atoms with Gasteiger partial charge < -0.3 is 10.0 Å². The number of carbonyl (C=O) groups is 2. The third-order valence-corrected chi connectivity index (χ3v) is 1.16. The molecule has 0 radical (unpaired) electrons. The number of rotatable bonds is 4. The lowest BCUT2D eigenvalue weighted by Gasteiger charge is -1.93. The van der Waals surface area contributed by atoms with Crippen LogP contribution in [0.4, 0.5) is 0 Å². The lowest BCUT2D eigenvalue weighted by Crippen LogP contribution is -2.16. The van der Waals surface area contributed by atoms with E-state index < -0.39 is 7.12 Å². The third-order valence-electron chi connectivity index (χ3n) is 1.16. The molecule has 0 fully saturated rings. The highest BCUT2D eigenvalue weighted by Crippen LogP contribution is 1.95. The summed E-state index contributed by atoms with van der Waals surface area (Å²) in [5, 5.41) is 17.1. The largest absolute Gasteiger partial charge is 0.491 e. The Balaban J connectivity index is 4.50. The molecule has 0 rings (SSSR count). The first-order chi connectivity index (χ1) is 5.61. The van der Waals surface area contributed by atoms with Crippen molar-refractivity contribution < 1.29 is 19.6 Å². The molecule has 0 aromatic carbocycles. The van der Waals surface area contributed by atoms with Gasteiger partial charge in [-0.1, -0.05) is 12.2 Å². The summed E-state index contributed by atoms with van der Waals surface area (Å²) >= 11 is 0. The van der Waals surface area contributed by atoms with Crippen LogP contribution in [0, 0.1) is 0 Å². The van der Waals surface area contributed by atoms with Gasteiger partial charge in [-0.25, -0.2) is 0 Å². The summed E-state index contributed by atoms with van der Waals surface area (Å²) in [6.07, 6.45) is 3.43. The Morgan fingerprint density at radius 3 is 2.08 bits per heavy atom. The first-order valence-electron chi connectivity index (χ1n) is 3.26. The molecule has 4 nitrogen and oxygen atoms in total. The minimum absolute atomic E-state index is 0.184. The number of hydrogen-bond acceptors (Lipinski definition) is 4. The van der Waals surface area contributed by atoms with E-state index in [9.17, 15) is 9.59 Å². The fourth-order valence-electron chi connectivity index (χ4n) is 0.453. The van der Waals surface area contributed by atoms with Crippen molar-refractivity contribution in [3.05, 3.63) is 23.2 Å². The summed E-state index contributed by atoms with van der Waals surface area (Å²) < 4.78 is 0. The summed E-state index contributed by atoms with van der Waals surface area (Å²) in [6.45, 7) is 1.54. The molecule has 0 bridgehead atoms. The Morgan fingerprint density at radius 2 is 1.75 bits per heavy atom. The van der Waals surface area contributed by atoms with Crippen LogP contribution in [0.2, 0.25) is 0 Å². The van der Waals surface area contributed by atoms with Gasteiger partial charge in [-0.15, -0.1) is 0 Å². The van der Waals surface area contributed by atoms with Crippen molar-refractivity contribution in [2.45, 2.75) is 6.92 Å². The van der Waals surface area contributed by atoms with E-state index in [4.69, 9.17) is 10.0 Å². The first-order valence-corrected chi connectivity index (χ1v) is 3.26. The Kier molecular flexibility index (Phi) is 4.91. The molecule has 0 atom stereocenters. The number of hydrogen-bond donors (Lipinski definition) is 2. The van der Waals surface area contributed by atoms with E-state index in [0.717, 1.165) is 0 Å². The van der Waals surface area contributed by atoms with Gasteiger partial charge in [-0.2, -0.15) is 0 Å². The van der Waals surface area contributed by atoms with Gasteiger partial charge in [-0.05, 0) is 12.5 Å². The number of carbonyl (C=O) groups excluding carboxylic acids is 2. The van der Waals surface area contributed by atoms with Crippen molar-refractivity contribution in [2.75, 3.05) is 0 Å². The fourth-order valence-corrected chi connectivity index (χ4v) is 0.453. The fraction of sp³-hybridized carbons (Fsp3) is 0.143. The molecule has 12 heavy (non-hydrogen) atoms. The Morgan fingerprint density at radius 1 is 1.17 bits per heavy atom. The van der Waals surface area contributed by atoms with Crippen LogP contribution in [0.25, 0.3) is 0 Å². The highest BCUT2D eigenvalue weighted by atomic mass is 16.4. The zero-order chi connectivity index (χ0) is 9.56. The molecule has 0 aliphatic carbocycles. The second-order valence-corrected chi connectivity index (χ2v) is 2.19. The summed E-state index contributed by atoms with van der Waals surface area (Å²) in [5.41, 5.74) is 0.214. The molecular weight excluding hydrogens is 159 g/mol. The van der Waals surface area contributed by atoms with Crippen molar-refractivity contribution in [3.8, 4) is 0 Å². The maximum Gasteiger partial charge on any atom is 0.491 e. The molecule has 0 aromatic rings. The van der Waals surface area contributed by atoms with Crippen LogP contribution >= 0.6 is 0 Å². The summed E-state index contributed by atoms with van der Waals surface area (Å²) in [7, 11) is -1.79. The second kappa shape index (κ2) is 5.45. The van der Waals surface area contributed by atoms with Gasteiger partial charge in [0.15, 0.2) is 0 Å². The van der Waals surface area contributed by atoms with Crippen LogP contribution < -0.4 is 0 Å². The first kappa shape index (κ1) is 10.8. The van der Waals surface area contributed by atoms with Crippen LogP contribution in [0.15, 0.2) is 23.2 Å². The minimum Gasteiger partial charge on any atom is -0.423 e. The highest BCUT2D eigenvalue weighted by Gasteiger charge is 2.11. The van der Waals surface area contributed by atoms with Gasteiger partial charge in [0, 0.05) is 5.47 Å². The lowest BCUT2D eigenvalue weighted by molar-refractivity contribution is -0.105. The summed E-state index contributed by atoms with van der Waals surface area (Å²) in [6, 6.07) is 0. The van der Waals surface area contributed by atoms with Gasteiger partial charge in [0.2, 0.25) is 0 Å². The molecule has 0 heterocycles. The SMILES string of the molecule is C/C(C=O)=C/C=C(\C=O)B(O)O. The smallest absolute Gasteiger partial charge is 0.423 e. The molecule has 0 unspecified atom stereocenters. The number of aldehydes is 2. The Labute approximate surface area is 70.4 Å². The predicted octanol–water partition coefficient (Wildman–Crippen LogP) is -0.731. The summed E-state index contributed by atoms with van der Waals surface area (Å²) in [4.78, 5) is 20.2. The molecule has 0 spiro atoms. The van der Waals surface area contributed by atoms with Crippen molar-refractivity contribution >= 4 is 19.7 Å². The molecule has 0 aliphatic heterocycles. The Hall–Kier alpha value is -1.20. The van der Waals surface area contributed by atoms with E-state index in [-0.39, 0.29) is 5.47 Å². The molecule has 5 heteroatoms. The van der Waals surface area contributed by atoms with E-state index in [1.54, 1.807) is 0 Å². The highest BCUT2D eigenvalue weighted by molar-refractivity contribution is 6.56. The molecule has 0 saturated heterocycles. The van der Waals surface area contributed by atoms with E-state index in [1.807, 2.05) is 0 Å². The maximum atomic E-state index is 10.1. The van der Waals surface area contributed by atoms with E-state index in [1.165, 1.54) is 19.1 Å². The van der Waals surface area contributed by atoms with Gasteiger partial charge in [0.05, 0.1) is 0 Å². The van der Waals surface area contributed by atoms with Crippen molar-refractivity contribution in [2.24, 2.45) is 0 Å². The van der Waals surface area contributed by atoms with E-state index in [2.05, 4.69) is 0 Å². The van der Waals surface area contributed by atoms with Crippen molar-refractivity contribution in [1.29, 1.82) is 0 Å². The average molecular weight is 168 g/mol. The van der Waals surface area contributed by atoms with Gasteiger partial charge in [-0.3, -0.25) is 9.59 Å². The number of allylic oxidation sites excluding steroid dienone is 4. The topological polar surface area (TPSA) is 74.6 Å². The second-order valence-electron chi connectivity index (χ2n) is 2.19. The molecule has 2 N–H and O–H groups in total. The van der Waals surface area contributed by atoms with Gasteiger partial charge >= 0.3 is 7.12 Å². The molecule has 0 aliphatic rings. The predicted molar refractivity (Wildman–Crippen MR) is 44.2 cm³/mol. The Bertz CT molecular complexity index is 230. The quantitative estimate of drug-likeness (QED) is 0.251. The third kappa shape index (κ3) is 3.85. The maximum absolute atomic E-state index is 10.1. The van der Waals surface area contributed by atoms with Gasteiger partial charge in [0.25, 0.3) is 0 Å². The zero-order valence-electron chi connectivity index (χ0n) is 6.60. The van der Waals surface area contributed by atoms with Crippen molar-refractivity contribution in [3.63, 3.8) is 0 Å². The molecule has 0 aromatic heterocycles. The van der Waals surface area contributed by atoms with Gasteiger partial charge in [0.1, 0.15) is 12.6 Å². The molecule has 64 valence electrons. The van der Waals surface area contributed by atoms with E-state index >= 15 is 0 Å². The van der Waals surface area contributed by atoms with Crippen molar-refractivity contribution in [1.82, 2.24) is 0 Å². The average Bonchev–Trinajstić information content (AvgIpc) is 2.04. The van der Waals surface area contributed by atoms with Crippen LogP contribution in [0.5, 0.6) is 0 Å². The van der Waals surface area contributed by atoms with Crippen LogP contribution in [-0.2, 0) is 9.59 Å². The normalized spacial score (nSPS) is 12.6. The van der Waals surface area contributed by atoms with Crippen LogP contribution in [-0.4, -0.2) is 29.7 Å². The molecule has 0 saturated carbocycles. The molecular formula is C7H9BO4. The zero-order valence-corrected chi connectivity index (χ0v) is 6.60. The molecule has 0 amide bonds. The monoisotopic (exact) mass is 168 g/mol.